The molecule has 0 saturated carbocycles. The molecular weight excluding hydrogens is 297 g/mol. The van der Waals surface area contributed by atoms with Gasteiger partial charge in [-0.25, -0.2) is 17.8 Å². The molecule has 1 aromatic heterocycles. The lowest BCUT2D eigenvalue weighted by molar-refractivity contribution is 0.578. The molecule has 5 nitrogen and oxygen atoms in total. The van der Waals surface area contributed by atoms with Gasteiger partial charge in [-0.15, -0.1) is 0 Å². The Hall–Kier alpha value is -1.08. The van der Waals surface area contributed by atoms with Crippen LogP contribution in [-0.4, -0.2) is 25.2 Å². The van der Waals surface area contributed by atoms with Crippen molar-refractivity contribution in [3.8, 4) is 5.69 Å². The van der Waals surface area contributed by atoms with E-state index >= 15 is 0 Å². The summed E-state index contributed by atoms with van der Waals surface area (Å²) in [7, 11) is -2.27. The van der Waals surface area contributed by atoms with E-state index in [1.54, 1.807) is 12.1 Å². The molecule has 0 aliphatic rings. The summed E-state index contributed by atoms with van der Waals surface area (Å²) in [6, 6.07) is 6.12. The standard InChI is InChI=1S/C10H9Cl2N3O2S/c1-13-18(16,17)10-4-5-14-15(10)9-3-2-7(11)6-8(9)12/h2-6,13H,1H3. The minimum atomic E-state index is -3.60. The summed E-state index contributed by atoms with van der Waals surface area (Å²) in [5, 5.41) is 4.75. The summed E-state index contributed by atoms with van der Waals surface area (Å²) in [5.74, 6) is 0. The van der Waals surface area contributed by atoms with E-state index in [-0.39, 0.29) is 5.03 Å². The Kier molecular flexibility index (Phi) is 3.63. The number of hydrogen-bond acceptors (Lipinski definition) is 3. The molecule has 0 saturated heterocycles. The molecule has 0 spiro atoms. The summed E-state index contributed by atoms with van der Waals surface area (Å²) in [6.45, 7) is 0. The zero-order valence-electron chi connectivity index (χ0n) is 9.26. The van der Waals surface area contributed by atoms with Crippen molar-refractivity contribution in [2.24, 2.45) is 0 Å². The van der Waals surface area contributed by atoms with Crippen LogP contribution >= 0.6 is 23.2 Å². The minimum absolute atomic E-state index is 0.00854. The Balaban J connectivity index is 2.63. The van der Waals surface area contributed by atoms with Gasteiger partial charge in [-0.1, -0.05) is 23.2 Å². The summed E-state index contributed by atoms with van der Waals surface area (Å²) < 4.78 is 27.1. The molecule has 96 valence electrons. The topological polar surface area (TPSA) is 64.0 Å². The van der Waals surface area contributed by atoms with Crippen LogP contribution in [0, 0.1) is 0 Å². The first-order valence-corrected chi connectivity index (χ1v) is 7.12. The van der Waals surface area contributed by atoms with Gasteiger partial charge in [0.1, 0.15) is 0 Å². The van der Waals surface area contributed by atoms with Crippen molar-refractivity contribution in [1.29, 1.82) is 0 Å². The van der Waals surface area contributed by atoms with Crippen LogP contribution in [0.25, 0.3) is 5.69 Å². The van der Waals surface area contributed by atoms with Crippen LogP contribution in [0.2, 0.25) is 10.0 Å². The monoisotopic (exact) mass is 305 g/mol. The Morgan fingerprint density at radius 3 is 2.61 bits per heavy atom. The van der Waals surface area contributed by atoms with Crippen molar-refractivity contribution in [3.05, 3.63) is 40.5 Å². The van der Waals surface area contributed by atoms with Gasteiger partial charge in [0.25, 0.3) is 10.0 Å². The lowest BCUT2D eigenvalue weighted by atomic mass is 10.3. The average molecular weight is 306 g/mol. The predicted octanol–water partition coefficient (Wildman–Crippen LogP) is 2.09. The van der Waals surface area contributed by atoms with Crippen molar-refractivity contribution in [1.82, 2.24) is 14.5 Å². The second-order valence-corrected chi connectivity index (χ2v) is 6.06. The third-order valence-electron chi connectivity index (χ3n) is 2.29. The van der Waals surface area contributed by atoms with Crippen LogP contribution in [0.1, 0.15) is 0 Å². The lowest BCUT2D eigenvalue weighted by Gasteiger charge is -2.09. The highest BCUT2D eigenvalue weighted by Gasteiger charge is 2.19. The smallest absolute Gasteiger partial charge is 0.219 e. The normalized spacial score (nSPS) is 11.7. The first-order valence-electron chi connectivity index (χ1n) is 4.89. The van der Waals surface area contributed by atoms with Crippen LogP contribution in [0.3, 0.4) is 0 Å². The highest BCUT2D eigenvalue weighted by atomic mass is 35.5. The molecule has 18 heavy (non-hydrogen) atoms. The first-order chi connectivity index (χ1) is 8.45. The molecule has 0 fully saturated rings. The molecule has 0 bridgehead atoms. The Morgan fingerprint density at radius 1 is 1.28 bits per heavy atom. The number of benzene rings is 1. The van der Waals surface area contributed by atoms with E-state index < -0.39 is 10.0 Å². The fraction of sp³-hybridized carbons (Fsp3) is 0.100. The molecule has 0 aliphatic carbocycles. The average Bonchev–Trinajstić information content (AvgIpc) is 2.78. The minimum Gasteiger partial charge on any atom is -0.219 e. The van der Waals surface area contributed by atoms with Crippen molar-refractivity contribution >= 4 is 33.2 Å². The second-order valence-electron chi connectivity index (χ2n) is 3.38. The van der Waals surface area contributed by atoms with Gasteiger partial charge in [-0.3, -0.25) is 0 Å². The van der Waals surface area contributed by atoms with E-state index in [1.165, 1.54) is 30.1 Å². The van der Waals surface area contributed by atoms with E-state index in [1.807, 2.05) is 0 Å². The van der Waals surface area contributed by atoms with Crippen molar-refractivity contribution in [3.63, 3.8) is 0 Å². The zero-order valence-corrected chi connectivity index (χ0v) is 11.6. The Morgan fingerprint density at radius 2 is 2.00 bits per heavy atom. The van der Waals surface area contributed by atoms with E-state index in [2.05, 4.69) is 9.82 Å². The number of aromatic nitrogens is 2. The largest absolute Gasteiger partial charge is 0.257 e. The highest BCUT2D eigenvalue weighted by Crippen LogP contribution is 2.25. The molecule has 2 aromatic rings. The molecule has 0 atom stereocenters. The van der Waals surface area contributed by atoms with Gasteiger partial charge >= 0.3 is 0 Å². The van der Waals surface area contributed by atoms with Gasteiger partial charge in [-0.2, -0.15) is 5.10 Å². The predicted molar refractivity (Wildman–Crippen MR) is 69.8 cm³/mol. The molecule has 0 radical (unpaired) electrons. The van der Waals surface area contributed by atoms with E-state index in [9.17, 15) is 8.42 Å². The number of halogens is 2. The summed E-state index contributed by atoms with van der Waals surface area (Å²) in [5.41, 5.74) is 0.444. The van der Waals surface area contributed by atoms with Gasteiger partial charge in [0, 0.05) is 5.02 Å². The second kappa shape index (κ2) is 4.89. The van der Waals surface area contributed by atoms with Gasteiger partial charge in [-0.05, 0) is 31.3 Å². The van der Waals surface area contributed by atoms with Crippen LogP contribution in [0.4, 0.5) is 0 Å². The molecular formula is C10H9Cl2N3O2S. The van der Waals surface area contributed by atoms with E-state index in [4.69, 9.17) is 23.2 Å². The number of hydrogen-bond donors (Lipinski definition) is 1. The lowest BCUT2D eigenvalue weighted by Crippen LogP contribution is -2.22. The fourth-order valence-corrected chi connectivity index (χ4v) is 2.74. The van der Waals surface area contributed by atoms with Crippen molar-refractivity contribution in [2.45, 2.75) is 5.03 Å². The summed E-state index contributed by atoms with van der Waals surface area (Å²) >= 11 is 11.8. The van der Waals surface area contributed by atoms with Crippen LogP contribution in [0.5, 0.6) is 0 Å². The van der Waals surface area contributed by atoms with E-state index in [0.29, 0.717) is 15.7 Å². The highest BCUT2D eigenvalue weighted by molar-refractivity contribution is 7.89. The van der Waals surface area contributed by atoms with Crippen LogP contribution < -0.4 is 4.72 Å². The molecule has 0 aliphatic heterocycles. The maximum atomic E-state index is 11.8. The van der Waals surface area contributed by atoms with Gasteiger partial charge in [0.15, 0.2) is 5.03 Å². The number of nitrogens with one attached hydrogen (secondary N) is 1. The maximum Gasteiger partial charge on any atom is 0.257 e. The Bertz CT molecular complexity index is 682. The van der Waals surface area contributed by atoms with Gasteiger partial charge in [0.05, 0.1) is 16.9 Å². The molecule has 2 rings (SSSR count). The third-order valence-corrected chi connectivity index (χ3v) is 4.22. The molecule has 0 unspecified atom stereocenters. The quantitative estimate of drug-likeness (QED) is 0.944. The number of sulfonamides is 1. The summed E-state index contributed by atoms with van der Waals surface area (Å²) in [6.07, 6.45) is 1.38. The fourth-order valence-electron chi connectivity index (χ4n) is 1.43. The zero-order chi connectivity index (χ0) is 13.3. The van der Waals surface area contributed by atoms with Gasteiger partial charge < -0.3 is 0 Å². The molecule has 1 N–H and O–H groups in total. The molecule has 8 heteroatoms. The van der Waals surface area contributed by atoms with Crippen molar-refractivity contribution < 1.29 is 8.42 Å². The molecule has 1 aromatic carbocycles. The summed E-state index contributed by atoms with van der Waals surface area (Å²) in [4.78, 5) is 0. The van der Waals surface area contributed by atoms with Crippen LogP contribution in [0.15, 0.2) is 35.5 Å². The van der Waals surface area contributed by atoms with Crippen molar-refractivity contribution in [2.75, 3.05) is 7.05 Å². The molecule has 0 amide bonds. The van der Waals surface area contributed by atoms with Crippen LogP contribution in [-0.2, 0) is 10.0 Å². The maximum absolute atomic E-state index is 11.8. The molecule has 1 heterocycles. The Labute approximate surface area is 114 Å². The SMILES string of the molecule is CNS(=O)(=O)c1ccnn1-c1ccc(Cl)cc1Cl. The number of nitrogens with zero attached hydrogens (tertiary/aromatic N) is 2. The number of rotatable bonds is 3. The third kappa shape index (κ3) is 2.37. The first kappa shape index (κ1) is 13.4. The van der Waals surface area contributed by atoms with Gasteiger partial charge in [0.2, 0.25) is 0 Å². The van der Waals surface area contributed by atoms with E-state index in [0.717, 1.165) is 0 Å².